The molecule has 0 saturated carbocycles. The zero-order chi connectivity index (χ0) is 13.3. The molecule has 0 heterocycles. The fraction of sp³-hybridized carbons (Fsp3) is 0.176. The Morgan fingerprint density at radius 3 is 2.26 bits per heavy atom. The van der Waals surface area contributed by atoms with Crippen molar-refractivity contribution in [2.24, 2.45) is 0 Å². The van der Waals surface area contributed by atoms with Gasteiger partial charge in [0.2, 0.25) is 0 Å². The third-order valence-corrected chi connectivity index (χ3v) is 4.94. The van der Waals surface area contributed by atoms with E-state index in [9.17, 15) is 0 Å². The van der Waals surface area contributed by atoms with Crippen LogP contribution in [0.15, 0.2) is 60.7 Å². The van der Waals surface area contributed by atoms with Crippen LogP contribution < -0.4 is 4.46 Å². The van der Waals surface area contributed by atoms with E-state index >= 15 is 0 Å². The Morgan fingerprint density at radius 2 is 1.63 bits per heavy atom. The molecule has 1 atom stereocenters. The predicted octanol–water partition coefficient (Wildman–Crippen LogP) is 2.83. The van der Waals surface area contributed by atoms with Crippen molar-refractivity contribution in [1.29, 1.82) is 0 Å². The average Bonchev–Trinajstić information content (AvgIpc) is 2.49. The summed E-state index contributed by atoms with van der Waals surface area (Å²) >= 11 is 0.399. The van der Waals surface area contributed by atoms with E-state index in [4.69, 9.17) is 11.2 Å². The standard InChI is InChI=1S/C17H16OSe/c1-2-13-18-17(15-9-5-3-6-10-15)14-19-16-11-7-4-8-12-16/h1,3-12,17H,13-14H2. The van der Waals surface area contributed by atoms with Crippen LogP contribution in [-0.2, 0) is 4.74 Å². The van der Waals surface area contributed by atoms with Crippen molar-refractivity contribution >= 4 is 19.4 Å². The van der Waals surface area contributed by atoms with Gasteiger partial charge in [-0.25, -0.2) is 0 Å². The van der Waals surface area contributed by atoms with Crippen LogP contribution in [0.3, 0.4) is 0 Å². The van der Waals surface area contributed by atoms with Crippen LogP contribution in [0.4, 0.5) is 0 Å². The molecule has 2 rings (SSSR count). The van der Waals surface area contributed by atoms with Crippen molar-refractivity contribution in [2.75, 3.05) is 6.61 Å². The second-order valence-electron chi connectivity index (χ2n) is 4.04. The first-order valence-corrected chi connectivity index (χ1v) is 8.25. The van der Waals surface area contributed by atoms with Gasteiger partial charge in [-0.1, -0.05) is 0 Å². The van der Waals surface area contributed by atoms with Gasteiger partial charge in [0, 0.05) is 0 Å². The molecule has 19 heavy (non-hydrogen) atoms. The first kappa shape index (κ1) is 13.9. The Bertz CT molecular complexity index is 516. The normalized spacial score (nSPS) is 11.7. The summed E-state index contributed by atoms with van der Waals surface area (Å²) in [5.41, 5.74) is 1.20. The van der Waals surface area contributed by atoms with Gasteiger partial charge in [0.1, 0.15) is 0 Å². The summed E-state index contributed by atoms with van der Waals surface area (Å²) in [5, 5.41) is 1.00. The van der Waals surface area contributed by atoms with E-state index < -0.39 is 0 Å². The monoisotopic (exact) mass is 316 g/mol. The molecule has 0 aromatic heterocycles. The van der Waals surface area contributed by atoms with Gasteiger partial charge in [-0.3, -0.25) is 0 Å². The number of hydrogen-bond acceptors (Lipinski definition) is 1. The van der Waals surface area contributed by atoms with Crippen LogP contribution >= 0.6 is 0 Å². The van der Waals surface area contributed by atoms with Crippen LogP contribution in [-0.4, -0.2) is 21.6 Å². The molecular weight excluding hydrogens is 299 g/mol. The number of ether oxygens (including phenoxy) is 1. The molecule has 1 unspecified atom stereocenters. The Kier molecular flexibility index (Phi) is 5.72. The van der Waals surface area contributed by atoms with Gasteiger partial charge < -0.3 is 0 Å². The van der Waals surface area contributed by atoms with Crippen LogP contribution in [0.25, 0.3) is 0 Å². The van der Waals surface area contributed by atoms with Crippen molar-refractivity contribution in [3.8, 4) is 12.3 Å². The van der Waals surface area contributed by atoms with Gasteiger partial charge in [-0.2, -0.15) is 0 Å². The number of rotatable bonds is 6. The maximum atomic E-state index is 5.78. The molecule has 0 radical (unpaired) electrons. The van der Waals surface area contributed by atoms with Gasteiger partial charge >= 0.3 is 121 Å². The summed E-state index contributed by atoms with van der Waals surface area (Å²) < 4.78 is 7.17. The maximum absolute atomic E-state index is 5.78. The molecule has 1 nitrogen and oxygen atoms in total. The summed E-state index contributed by atoms with van der Waals surface area (Å²) in [6, 6.07) is 20.8. The fourth-order valence-electron chi connectivity index (χ4n) is 1.75. The summed E-state index contributed by atoms with van der Waals surface area (Å²) in [5.74, 6) is 2.55. The van der Waals surface area contributed by atoms with Crippen molar-refractivity contribution in [1.82, 2.24) is 0 Å². The van der Waals surface area contributed by atoms with E-state index in [0.29, 0.717) is 21.6 Å². The van der Waals surface area contributed by atoms with Crippen molar-refractivity contribution in [3.05, 3.63) is 66.2 Å². The van der Waals surface area contributed by atoms with Gasteiger partial charge in [-0.15, -0.1) is 0 Å². The topological polar surface area (TPSA) is 9.23 Å². The van der Waals surface area contributed by atoms with E-state index in [2.05, 4.69) is 42.3 Å². The first-order valence-electron chi connectivity index (χ1n) is 6.18. The van der Waals surface area contributed by atoms with Gasteiger partial charge in [0.05, 0.1) is 0 Å². The number of terminal acetylenes is 1. The molecule has 2 aromatic rings. The minimum atomic E-state index is 0.0949. The molecule has 2 heteroatoms. The molecule has 0 amide bonds. The van der Waals surface area contributed by atoms with E-state index in [1.807, 2.05) is 24.3 Å². The first-order chi connectivity index (χ1) is 9.40. The molecule has 0 N–H and O–H groups in total. The summed E-state index contributed by atoms with van der Waals surface area (Å²) in [6.07, 6.45) is 5.39. The molecule has 0 fully saturated rings. The zero-order valence-electron chi connectivity index (χ0n) is 10.7. The molecule has 0 aliphatic rings. The molecule has 0 spiro atoms. The summed E-state index contributed by atoms with van der Waals surface area (Å²) in [4.78, 5) is 0. The van der Waals surface area contributed by atoms with Crippen molar-refractivity contribution in [2.45, 2.75) is 11.4 Å². The molecule has 2 aromatic carbocycles. The van der Waals surface area contributed by atoms with Crippen LogP contribution in [0.1, 0.15) is 11.7 Å². The third kappa shape index (κ3) is 4.58. The van der Waals surface area contributed by atoms with Gasteiger partial charge in [-0.05, 0) is 0 Å². The van der Waals surface area contributed by atoms with E-state index in [-0.39, 0.29) is 6.10 Å². The second-order valence-corrected chi connectivity index (χ2v) is 6.33. The van der Waals surface area contributed by atoms with Crippen molar-refractivity contribution < 1.29 is 4.74 Å². The molecule has 0 aliphatic carbocycles. The molecule has 96 valence electrons. The summed E-state index contributed by atoms with van der Waals surface area (Å²) in [6.45, 7) is 0.366. The number of benzene rings is 2. The second kappa shape index (κ2) is 7.81. The Labute approximate surface area is 121 Å². The van der Waals surface area contributed by atoms with E-state index in [1.165, 1.54) is 10.0 Å². The third-order valence-electron chi connectivity index (χ3n) is 2.68. The van der Waals surface area contributed by atoms with Crippen LogP contribution in [0, 0.1) is 12.3 Å². The predicted molar refractivity (Wildman–Crippen MR) is 80.6 cm³/mol. The molecule has 0 bridgehead atoms. The van der Waals surface area contributed by atoms with Gasteiger partial charge in [0.15, 0.2) is 0 Å². The Balaban J connectivity index is 2.00. The zero-order valence-corrected chi connectivity index (χ0v) is 12.4. The van der Waals surface area contributed by atoms with E-state index in [1.54, 1.807) is 0 Å². The minimum absolute atomic E-state index is 0.0949. The summed E-state index contributed by atoms with van der Waals surface area (Å²) in [7, 11) is 0. The van der Waals surface area contributed by atoms with Crippen LogP contribution in [0.5, 0.6) is 0 Å². The van der Waals surface area contributed by atoms with Gasteiger partial charge in [0.25, 0.3) is 0 Å². The van der Waals surface area contributed by atoms with Crippen LogP contribution in [0.2, 0.25) is 5.32 Å². The van der Waals surface area contributed by atoms with Crippen molar-refractivity contribution in [3.63, 3.8) is 0 Å². The van der Waals surface area contributed by atoms with E-state index in [0.717, 1.165) is 5.32 Å². The molecular formula is C17H16OSe. The Hall–Kier alpha value is -1.52. The fourth-order valence-corrected chi connectivity index (χ4v) is 3.81. The quantitative estimate of drug-likeness (QED) is 0.588. The Morgan fingerprint density at radius 1 is 1.00 bits per heavy atom. The molecule has 0 aliphatic heterocycles. The number of hydrogen-bond donors (Lipinski definition) is 0. The molecule has 0 saturated heterocycles. The SMILES string of the molecule is C#CCOC(C[Se]c1ccccc1)c1ccccc1. The average molecular weight is 315 g/mol.